The number of cyclic esters (lactones) is 1. The van der Waals surface area contributed by atoms with Gasteiger partial charge < -0.3 is 67.6 Å². The number of carbonyl (C=O) groups excluding carboxylic acids is 3. The molecule has 2 aromatic rings. The second-order valence-corrected chi connectivity index (χ2v) is 20.6. The van der Waals surface area contributed by atoms with Gasteiger partial charge in [0.25, 0.3) is 0 Å². The first-order valence-corrected chi connectivity index (χ1v) is 24.5. The molecule has 4 saturated heterocycles. The van der Waals surface area contributed by atoms with Crippen molar-refractivity contribution in [1.82, 2.24) is 4.90 Å². The lowest BCUT2D eigenvalue weighted by Crippen LogP contribution is -2.61. The number of ether oxygens (including phenoxy) is 10. The van der Waals surface area contributed by atoms with Crippen molar-refractivity contribution in [2.24, 2.45) is 23.7 Å². The molecule has 0 radical (unpaired) electrons. The Morgan fingerprint density at radius 1 is 0.884 bits per heavy atom. The van der Waals surface area contributed by atoms with Crippen molar-refractivity contribution in [3.63, 3.8) is 0 Å². The van der Waals surface area contributed by atoms with Crippen LogP contribution in [0.25, 0.3) is 0 Å². The van der Waals surface area contributed by atoms with Gasteiger partial charge in [-0.2, -0.15) is 0 Å². The predicted molar refractivity (Wildman–Crippen MR) is 250 cm³/mol. The third kappa shape index (κ3) is 12.2. The lowest BCUT2D eigenvalue weighted by Gasteiger charge is -2.49. The summed E-state index contributed by atoms with van der Waals surface area (Å²) >= 11 is 0. The number of carbonyl (C=O) groups is 3. The van der Waals surface area contributed by atoms with Crippen LogP contribution < -0.4 is 0 Å². The highest BCUT2D eigenvalue weighted by molar-refractivity contribution is 5.73. The van der Waals surface area contributed by atoms with E-state index in [-0.39, 0.29) is 38.4 Å². The number of nitrogens with zero attached hydrogens (tertiary/aromatic N) is 1. The van der Waals surface area contributed by atoms with E-state index in [1.54, 1.807) is 34.7 Å². The summed E-state index contributed by atoms with van der Waals surface area (Å²) < 4.78 is 63.9. The van der Waals surface area contributed by atoms with E-state index in [1.807, 2.05) is 95.3 Å². The third-order valence-electron chi connectivity index (χ3n) is 15.1. The zero-order valence-corrected chi connectivity index (χ0v) is 42.3. The van der Waals surface area contributed by atoms with Crippen molar-refractivity contribution in [2.45, 2.75) is 198 Å². The zero-order chi connectivity index (χ0) is 50.6. The Bertz CT molecular complexity index is 1990. The van der Waals surface area contributed by atoms with Crippen molar-refractivity contribution >= 4 is 18.2 Å². The van der Waals surface area contributed by atoms with Crippen LogP contribution in [0.3, 0.4) is 0 Å². The lowest BCUT2D eigenvalue weighted by atomic mass is 9.76. The fourth-order valence-electron chi connectivity index (χ4n) is 11.0. The van der Waals surface area contributed by atoms with Crippen LogP contribution in [-0.4, -0.2) is 143 Å². The average molecular weight is 972 g/mol. The fourth-order valence-corrected chi connectivity index (χ4v) is 11.0. The first kappa shape index (κ1) is 54.4. The smallest absolute Gasteiger partial charge is 0.459 e. The quantitative estimate of drug-likeness (QED) is 0.133. The normalized spacial score (nSPS) is 38.7. The Hall–Kier alpha value is -3.91. The topological polar surface area (TPSA) is 207 Å². The molecule has 2 bridgehead atoms. The molecule has 17 heteroatoms. The van der Waals surface area contributed by atoms with E-state index < -0.39 is 126 Å². The molecule has 0 aliphatic carbocycles. The molecule has 386 valence electrons. The molecule has 0 spiro atoms. The van der Waals surface area contributed by atoms with E-state index in [1.165, 1.54) is 18.9 Å². The molecule has 4 aliphatic heterocycles. The molecule has 17 nitrogen and oxygen atoms in total. The minimum absolute atomic E-state index is 0.00208. The molecule has 0 aromatic heterocycles. The van der Waals surface area contributed by atoms with E-state index in [9.17, 15) is 29.7 Å². The number of methoxy groups -OCH3 is 1. The van der Waals surface area contributed by atoms with E-state index >= 15 is 0 Å². The Morgan fingerprint density at radius 2 is 1.49 bits per heavy atom. The molecule has 4 heterocycles. The van der Waals surface area contributed by atoms with Gasteiger partial charge in [-0.1, -0.05) is 88.4 Å². The van der Waals surface area contributed by atoms with Gasteiger partial charge in [-0.25, -0.2) is 9.59 Å². The number of aliphatic hydroxyl groups is 3. The molecule has 19 atom stereocenters. The largest absolute Gasteiger partial charge is 0.509 e. The van der Waals surface area contributed by atoms with Crippen LogP contribution in [0.5, 0.6) is 0 Å². The van der Waals surface area contributed by atoms with Gasteiger partial charge >= 0.3 is 18.2 Å². The number of likely N-dealkylation sites (N-methyl/N-ethyl adjacent to an activating group) is 1. The van der Waals surface area contributed by atoms with E-state index in [0.717, 1.165) is 11.1 Å². The van der Waals surface area contributed by atoms with Crippen LogP contribution in [0.2, 0.25) is 0 Å². The molecule has 3 N–H and O–H groups in total. The molecule has 1 amide bonds. The average Bonchev–Trinajstić information content (AvgIpc) is 3.65. The highest BCUT2D eigenvalue weighted by Gasteiger charge is 2.59. The molecule has 4 aliphatic rings. The van der Waals surface area contributed by atoms with Crippen LogP contribution >= 0.6 is 0 Å². The number of rotatable bonds is 14. The molecular weight excluding hydrogens is 895 g/mol. The summed E-state index contributed by atoms with van der Waals surface area (Å²) in [4.78, 5) is 43.8. The van der Waals surface area contributed by atoms with Gasteiger partial charge in [-0.15, -0.1) is 0 Å². The second-order valence-electron chi connectivity index (χ2n) is 20.6. The van der Waals surface area contributed by atoms with Crippen molar-refractivity contribution in [2.75, 3.05) is 14.2 Å². The standard InChI is InChI=1S/C52H77NO16/c1-13-38(54)52(10,59)45-31(4)40-29(2)25-51(9,69-40)44(32(5)41(33(6)46(56)67-45)65-39-26-50(8,60-12)43(55)34(7)64-39)68-47-42(66-49(58)62-28-36-22-18-15-19-23-36)37(24-30(3)63-47)53(11)48(57)61-27-35-20-16-14-17-21-35/h14-23,29-34,37-45,47,54-55,59H,13,24-28H2,1-12H3/t29?,30?,31-,32-,33+,34?,37?,38+,39?,40?,41+,42?,43?,44+,45+,47?,50?,51?,52+/m0/s1. The van der Waals surface area contributed by atoms with E-state index in [4.69, 9.17) is 47.4 Å². The Labute approximate surface area is 407 Å². The van der Waals surface area contributed by atoms with E-state index in [0.29, 0.717) is 6.42 Å². The summed E-state index contributed by atoms with van der Waals surface area (Å²) in [5.41, 5.74) is -2.62. The van der Waals surface area contributed by atoms with Crippen LogP contribution in [0.1, 0.15) is 106 Å². The van der Waals surface area contributed by atoms with Crippen LogP contribution in [0.15, 0.2) is 60.7 Å². The summed E-state index contributed by atoms with van der Waals surface area (Å²) in [6, 6.07) is 17.5. The number of fused-ring (bicyclic) bond motifs is 2. The zero-order valence-electron chi connectivity index (χ0n) is 42.3. The van der Waals surface area contributed by atoms with Gasteiger partial charge in [0.1, 0.15) is 31.0 Å². The number of aliphatic hydroxyl groups excluding tert-OH is 2. The minimum atomic E-state index is -1.88. The minimum Gasteiger partial charge on any atom is -0.459 e. The Balaban J connectivity index is 1.42. The number of esters is 1. The first-order valence-electron chi connectivity index (χ1n) is 24.5. The van der Waals surface area contributed by atoms with Gasteiger partial charge in [0, 0.05) is 32.4 Å². The first-order chi connectivity index (χ1) is 32.5. The van der Waals surface area contributed by atoms with Crippen LogP contribution in [-0.2, 0) is 65.4 Å². The highest BCUT2D eigenvalue weighted by Crippen LogP contribution is 2.49. The molecule has 69 heavy (non-hydrogen) atoms. The maximum absolute atomic E-state index is 14.7. The monoisotopic (exact) mass is 972 g/mol. The van der Waals surface area contributed by atoms with Crippen molar-refractivity contribution in [3.8, 4) is 0 Å². The SMILES string of the molecule is CC[C@@H](O)[C@@](C)(O)[C@@H]1OC(=O)[C@H](C)[C@H](OC2CC(C)(OC)C(O)C(C)O2)[C@H](C)[C@@H](OC2OC(C)CC(N(C)C(=O)OCc3ccccc3)C2OC(=O)OCc2ccccc2)C2(C)CC(C)C(O2)[C@@H]1C. The highest BCUT2D eigenvalue weighted by atomic mass is 16.8. The number of amides is 1. The number of hydrogen-bond acceptors (Lipinski definition) is 16. The fraction of sp³-hybridized carbons (Fsp3) is 0.712. The summed E-state index contributed by atoms with van der Waals surface area (Å²) in [6.45, 7) is 17.7. The van der Waals surface area contributed by atoms with Gasteiger partial charge in [-0.05, 0) is 77.8 Å². The second kappa shape index (κ2) is 22.7. The number of benzene rings is 2. The molecular formula is C52H77NO16. The Kier molecular flexibility index (Phi) is 17.9. The summed E-state index contributed by atoms with van der Waals surface area (Å²) in [7, 11) is 3.07. The Morgan fingerprint density at radius 3 is 2.09 bits per heavy atom. The van der Waals surface area contributed by atoms with Gasteiger partial charge in [0.15, 0.2) is 18.7 Å². The van der Waals surface area contributed by atoms with Crippen LogP contribution in [0.4, 0.5) is 9.59 Å². The molecule has 4 fully saturated rings. The molecule has 11 unspecified atom stereocenters. The molecule has 2 aromatic carbocycles. The van der Waals surface area contributed by atoms with Gasteiger partial charge in [0.05, 0.1) is 59.8 Å². The van der Waals surface area contributed by atoms with Gasteiger partial charge in [-0.3, -0.25) is 4.79 Å². The van der Waals surface area contributed by atoms with E-state index in [2.05, 4.69) is 0 Å². The third-order valence-corrected chi connectivity index (χ3v) is 15.1. The van der Waals surface area contributed by atoms with Crippen LogP contribution in [0, 0.1) is 23.7 Å². The molecule has 0 saturated carbocycles. The van der Waals surface area contributed by atoms with Gasteiger partial charge in [0.2, 0.25) is 0 Å². The van der Waals surface area contributed by atoms with Crippen molar-refractivity contribution in [3.05, 3.63) is 71.8 Å². The predicted octanol–water partition coefficient (Wildman–Crippen LogP) is 6.69. The maximum atomic E-state index is 14.7. The molecule has 6 rings (SSSR count). The summed E-state index contributed by atoms with van der Waals surface area (Å²) in [5.74, 6) is -3.38. The summed E-state index contributed by atoms with van der Waals surface area (Å²) in [5, 5.41) is 34.3. The van der Waals surface area contributed by atoms with Crippen molar-refractivity contribution < 1.29 is 77.1 Å². The lowest BCUT2D eigenvalue weighted by molar-refractivity contribution is -0.318. The maximum Gasteiger partial charge on any atom is 0.509 e. The number of hydrogen-bond donors (Lipinski definition) is 3. The summed E-state index contributed by atoms with van der Waals surface area (Å²) in [6.07, 6.45) is -11.8. The van der Waals surface area contributed by atoms with Crippen molar-refractivity contribution in [1.29, 1.82) is 0 Å².